The lowest BCUT2D eigenvalue weighted by Crippen LogP contribution is -2.31. The van der Waals surface area contributed by atoms with Crippen LogP contribution >= 0.6 is 0 Å². The Morgan fingerprint density at radius 1 is 1.50 bits per heavy atom. The molecule has 0 aromatic heterocycles. The Morgan fingerprint density at radius 3 is 2.21 bits per heavy atom. The molecule has 0 amide bonds. The molecule has 0 aliphatic heterocycles. The highest BCUT2D eigenvalue weighted by Gasteiger charge is 2.29. The maximum absolute atomic E-state index is 12.6. The van der Waals surface area contributed by atoms with E-state index in [0.29, 0.717) is 12.7 Å². The molecule has 0 aromatic carbocycles. The van der Waals surface area contributed by atoms with Crippen molar-refractivity contribution in [3.05, 3.63) is 0 Å². The molecule has 14 heavy (non-hydrogen) atoms. The van der Waals surface area contributed by atoms with Gasteiger partial charge in [-0.2, -0.15) is 0 Å². The topological polar surface area (TPSA) is 52.3 Å². The zero-order chi connectivity index (χ0) is 11.6. The summed E-state index contributed by atoms with van der Waals surface area (Å²) in [4.78, 5) is 9.93. The molecule has 1 atom stereocenters. The Labute approximate surface area is 83.6 Å². The molecule has 3 nitrogen and oxygen atoms in total. The highest BCUT2D eigenvalue weighted by Crippen LogP contribution is 2.24. The molecule has 0 fully saturated rings. The largest absolute Gasteiger partial charge is 0.388 e. The maximum Gasteiger partial charge on any atom is 0.250 e. The molecular weight excluding hydrogens is 192 g/mol. The second-order valence-corrected chi connectivity index (χ2v) is 3.02. The summed E-state index contributed by atoms with van der Waals surface area (Å²) in [5.74, 6) is -2.78. The van der Waals surface area contributed by atoms with Crippen LogP contribution in [0.25, 0.3) is 0 Å². The van der Waals surface area contributed by atoms with Crippen LogP contribution in [0.15, 0.2) is 0 Å². The number of halogens is 2. The van der Waals surface area contributed by atoms with E-state index in [0.717, 1.165) is 0 Å². The van der Waals surface area contributed by atoms with E-state index in [9.17, 15) is 13.6 Å². The summed E-state index contributed by atoms with van der Waals surface area (Å²) in [6.45, 7) is 1.67. The van der Waals surface area contributed by atoms with Crippen molar-refractivity contribution in [1.29, 1.82) is 0 Å². The molecule has 2 N–H and O–H groups in total. The first-order valence-corrected chi connectivity index (χ1v) is 4.42. The van der Waals surface area contributed by atoms with Gasteiger partial charge >= 0.3 is 0 Å². The van der Waals surface area contributed by atoms with E-state index in [1.807, 2.05) is 0 Å². The lowest BCUT2D eigenvalue weighted by molar-refractivity contribution is -0.111. The second kappa shape index (κ2) is 9.02. The van der Waals surface area contributed by atoms with E-state index < -0.39 is 18.4 Å². The molecule has 0 radical (unpaired) electrons. The van der Waals surface area contributed by atoms with Crippen LogP contribution in [-0.4, -0.2) is 32.5 Å². The molecule has 0 spiro atoms. The first-order chi connectivity index (χ1) is 6.43. The molecule has 0 aliphatic rings. The van der Waals surface area contributed by atoms with Crippen molar-refractivity contribution in [3.8, 4) is 0 Å². The molecule has 86 valence electrons. The van der Waals surface area contributed by atoms with Crippen molar-refractivity contribution in [2.75, 3.05) is 14.2 Å². The molecule has 0 aromatic rings. The van der Waals surface area contributed by atoms with Crippen LogP contribution in [0, 0.1) is 0 Å². The molecule has 1 unspecified atom stereocenters. The molecule has 0 rings (SSSR count). The number of methoxy groups -OCH3 is 1. The van der Waals surface area contributed by atoms with Crippen LogP contribution in [0.5, 0.6) is 0 Å². The van der Waals surface area contributed by atoms with E-state index in [2.05, 4.69) is 4.74 Å². The minimum atomic E-state index is -2.78. The Bertz CT molecular complexity index is 143. The number of hydrogen-bond acceptors (Lipinski definition) is 3. The molecule has 0 aliphatic carbocycles. The lowest BCUT2D eigenvalue weighted by atomic mass is 10.1. The number of ether oxygens (including phenoxy) is 1. The Hall–Kier alpha value is -0.550. The third-order valence-corrected chi connectivity index (χ3v) is 1.32. The second-order valence-electron chi connectivity index (χ2n) is 3.02. The zero-order valence-corrected chi connectivity index (χ0v) is 8.93. The third kappa shape index (κ3) is 11.4. The monoisotopic (exact) mass is 211 g/mol. The fourth-order valence-corrected chi connectivity index (χ4v) is 0.861. The van der Waals surface area contributed by atoms with E-state index in [-0.39, 0.29) is 6.42 Å². The minimum Gasteiger partial charge on any atom is -0.388 e. The predicted molar refractivity (Wildman–Crippen MR) is 51.4 cm³/mol. The average Bonchev–Trinajstić information content (AvgIpc) is 2.04. The summed E-state index contributed by atoms with van der Waals surface area (Å²) in [6, 6.07) is -1.03. The predicted octanol–water partition coefficient (Wildman–Crippen LogP) is 1.60. The van der Waals surface area contributed by atoms with Gasteiger partial charge in [0.25, 0.3) is 0 Å². The van der Waals surface area contributed by atoms with Gasteiger partial charge in [-0.15, -0.1) is 0 Å². The molecule has 0 heterocycles. The summed E-state index contributed by atoms with van der Waals surface area (Å²) in [6.07, 6.45) is 0.0149. The number of aldehydes is 1. The number of rotatable bonds is 5. The summed E-state index contributed by atoms with van der Waals surface area (Å²) >= 11 is 0. The first kappa shape index (κ1) is 15.9. The van der Waals surface area contributed by atoms with Gasteiger partial charge in [-0.25, -0.2) is 8.78 Å². The van der Waals surface area contributed by atoms with Crippen LogP contribution < -0.4 is 5.73 Å². The van der Waals surface area contributed by atoms with Crippen LogP contribution in [-0.2, 0) is 9.53 Å². The zero-order valence-electron chi connectivity index (χ0n) is 8.93. The van der Waals surface area contributed by atoms with Crippen molar-refractivity contribution in [3.63, 3.8) is 0 Å². The van der Waals surface area contributed by atoms with Gasteiger partial charge in [0.1, 0.15) is 6.29 Å². The molecular formula is C9H19F2NO2. The summed E-state index contributed by atoms with van der Waals surface area (Å²) < 4.78 is 29.5. The van der Waals surface area contributed by atoms with Gasteiger partial charge < -0.3 is 15.3 Å². The van der Waals surface area contributed by atoms with Gasteiger partial charge in [-0.1, -0.05) is 13.3 Å². The van der Waals surface area contributed by atoms with E-state index in [4.69, 9.17) is 5.73 Å². The fraction of sp³-hybridized carbons (Fsp3) is 0.889. The molecule has 5 heteroatoms. The van der Waals surface area contributed by atoms with Crippen LogP contribution in [0.2, 0.25) is 0 Å². The van der Waals surface area contributed by atoms with Gasteiger partial charge in [-0.3, -0.25) is 0 Å². The van der Waals surface area contributed by atoms with Crippen LogP contribution in [0.3, 0.4) is 0 Å². The molecule has 0 saturated carbocycles. The van der Waals surface area contributed by atoms with Gasteiger partial charge in [0, 0.05) is 27.1 Å². The fourth-order valence-electron chi connectivity index (χ4n) is 0.861. The van der Waals surface area contributed by atoms with Gasteiger partial charge in [0.05, 0.1) is 6.04 Å². The van der Waals surface area contributed by atoms with Gasteiger partial charge in [0.2, 0.25) is 5.92 Å². The van der Waals surface area contributed by atoms with E-state index >= 15 is 0 Å². The minimum absolute atomic E-state index is 0.200. The first-order valence-electron chi connectivity index (χ1n) is 4.42. The maximum atomic E-state index is 12.6. The van der Waals surface area contributed by atoms with E-state index in [1.165, 1.54) is 0 Å². The van der Waals surface area contributed by atoms with Crippen molar-refractivity contribution in [2.45, 2.75) is 38.2 Å². The summed E-state index contributed by atoms with van der Waals surface area (Å²) in [5.41, 5.74) is 5.04. The average molecular weight is 211 g/mol. The van der Waals surface area contributed by atoms with Gasteiger partial charge in [-0.05, 0) is 0 Å². The SMILES string of the molecule is CCCC(F)(F)CC(N)C=O.COC. The Balaban J connectivity index is 0. The van der Waals surface area contributed by atoms with Crippen molar-refractivity contribution >= 4 is 6.29 Å². The van der Waals surface area contributed by atoms with Crippen LogP contribution in [0.4, 0.5) is 8.78 Å². The summed E-state index contributed by atoms with van der Waals surface area (Å²) in [7, 11) is 3.25. The Kier molecular flexibility index (Phi) is 10.2. The number of nitrogens with two attached hydrogens (primary N) is 1. The third-order valence-electron chi connectivity index (χ3n) is 1.32. The highest BCUT2D eigenvalue weighted by molar-refractivity contribution is 5.57. The number of carbonyl (C=O) groups excluding carboxylic acids is 1. The lowest BCUT2D eigenvalue weighted by Gasteiger charge is -2.16. The van der Waals surface area contributed by atoms with Crippen molar-refractivity contribution in [1.82, 2.24) is 0 Å². The van der Waals surface area contributed by atoms with Crippen molar-refractivity contribution < 1.29 is 18.3 Å². The Morgan fingerprint density at radius 2 is 1.93 bits per heavy atom. The number of alkyl halides is 2. The van der Waals surface area contributed by atoms with E-state index in [1.54, 1.807) is 21.1 Å². The quantitative estimate of drug-likeness (QED) is 0.703. The summed E-state index contributed by atoms with van der Waals surface area (Å²) in [5, 5.41) is 0. The van der Waals surface area contributed by atoms with Crippen molar-refractivity contribution in [2.24, 2.45) is 5.73 Å². The van der Waals surface area contributed by atoms with Crippen LogP contribution in [0.1, 0.15) is 26.2 Å². The smallest absolute Gasteiger partial charge is 0.250 e. The molecule has 0 bridgehead atoms. The molecule has 0 saturated heterocycles. The number of hydrogen-bond donors (Lipinski definition) is 1. The number of carbonyl (C=O) groups is 1. The standard InChI is InChI=1S/C7H13F2NO.C2H6O/c1-2-3-7(8,9)4-6(10)5-11;1-3-2/h5-6H,2-4,10H2,1H3;1-2H3. The van der Waals surface area contributed by atoms with Gasteiger partial charge in [0.15, 0.2) is 0 Å². The normalized spacial score (nSPS) is 12.7. The highest BCUT2D eigenvalue weighted by atomic mass is 19.3.